The average molecular weight is 488 g/mol. The van der Waals surface area contributed by atoms with Crippen LogP contribution in [0.25, 0.3) is 16.7 Å². The molecule has 0 aliphatic rings. The molecule has 3 N–H and O–H groups in total. The molecule has 11 heteroatoms. The summed E-state index contributed by atoms with van der Waals surface area (Å²) in [6.45, 7) is 4.65. The zero-order valence-corrected chi connectivity index (χ0v) is 20.2. The van der Waals surface area contributed by atoms with Crippen molar-refractivity contribution in [1.82, 2.24) is 34.1 Å². The van der Waals surface area contributed by atoms with Crippen LogP contribution >= 0.6 is 11.8 Å². The van der Waals surface area contributed by atoms with Gasteiger partial charge < -0.3 is 11.1 Å². The molecule has 10 nitrogen and oxygen atoms in total. The Hall–Kier alpha value is -3.99. The molecule has 0 fully saturated rings. The van der Waals surface area contributed by atoms with Crippen molar-refractivity contribution >= 4 is 46.0 Å². The highest BCUT2D eigenvalue weighted by molar-refractivity contribution is 7.99. The van der Waals surface area contributed by atoms with E-state index in [-0.39, 0.29) is 16.8 Å². The van der Waals surface area contributed by atoms with Gasteiger partial charge in [-0.05, 0) is 37.6 Å². The molecule has 0 saturated heterocycles. The monoisotopic (exact) mass is 487 g/mol. The van der Waals surface area contributed by atoms with Gasteiger partial charge in [0.25, 0.3) is 5.56 Å². The standard InChI is InChI=1S/C24H25N9OS/c1-3-4-14-32-20(34)17-12-8-9-13-18(17)33-23(32)30-31-24(33)35-15(2)19-27-21(25)29-22(28-19)26-16-10-6-5-7-11-16/h5-13,15H,3-4,14H2,1-2H3,(H3,25,26,27,28,29). The molecule has 3 heterocycles. The van der Waals surface area contributed by atoms with Crippen molar-refractivity contribution < 1.29 is 0 Å². The molecule has 1 atom stereocenters. The molecule has 35 heavy (non-hydrogen) atoms. The molecule has 5 aromatic rings. The van der Waals surface area contributed by atoms with Crippen LogP contribution < -0.4 is 16.6 Å². The van der Waals surface area contributed by atoms with Crippen molar-refractivity contribution in [2.75, 3.05) is 11.1 Å². The van der Waals surface area contributed by atoms with E-state index < -0.39 is 0 Å². The van der Waals surface area contributed by atoms with Crippen LogP contribution in [0.1, 0.15) is 37.8 Å². The van der Waals surface area contributed by atoms with Crippen molar-refractivity contribution in [3.8, 4) is 0 Å². The van der Waals surface area contributed by atoms with E-state index in [9.17, 15) is 4.79 Å². The van der Waals surface area contributed by atoms with E-state index in [2.05, 4.69) is 37.4 Å². The third-order valence-corrected chi connectivity index (χ3v) is 6.60. The van der Waals surface area contributed by atoms with Gasteiger partial charge in [0.1, 0.15) is 5.82 Å². The highest BCUT2D eigenvalue weighted by atomic mass is 32.2. The van der Waals surface area contributed by atoms with E-state index >= 15 is 0 Å². The summed E-state index contributed by atoms with van der Waals surface area (Å²) >= 11 is 1.45. The molecule has 1 unspecified atom stereocenters. The van der Waals surface area contributed by atoms with Crippen LogP contribution in [-0.2, 0) is 6.54 Å². The molecular formula is C24H25N9OS. The number of nitrogen functional groups attached to an aromatic ring is 1. The third kappa shape index (κ3) is 4.54. The smallest absolute Gasteiger partial charge is 0.262 e. The summed E-state index contributed by atoms with van der Waals surface area (Å²) < 4.78 is 3.64. The van der Waals surface area contributed by atoms with Crippen molar-refractivity contribution in [3.05, 3.63) is 70.8 Å². The molecule has 0 spiro atoms. The van der Waals surface area contributed by atoms with Crippen molar-refractivity contribution in [1.29, 1.82) is 0 Å². The van der Waals surface area contributed by atoms with Crippen LogP contribution in [0.5, 0.6) is 0 Å². The summed E-state index contributed by atoms with van der Waals surface area (Å²) in [5.41, 5.74) is 7.55. The Morgan fingerprint density at radius 1 is 1.03 bits per heavy atom. The molecule has 0 amide bonds. The van der Waals surface area contributed by atoms with Gasteiger partial charge >= 0.3 is 0 Å². The number of hydrogen-bond acceptors (Lipinski definition) is 9. The Morgan fingerprint density at radius 3 is 2.60 bits per heavy atom. The number of anilines is 3. The number of nitrogens with two attached hydrogens (primary N) is 1. The normalized spacial score (nSPS) is 12.3. The minimum Gasteiger partial charge on any atom is -0.368 e. The average Bonchev–Trinajstić information content (AvgIpc) is 3.27. The number of hydrogen-bond donors (Lipinski definition) is 2. The SMILES string of the molecule is CCCCn1c(=O)c2ccccc2n2c(SC(C)c3nc(N)nc(Nc4ccccc4)n3)nnc12. The minimum atomic E-state index is -0.209. The van der Waals surface area contributed by atoms with E-state index in [0.29, 0.717) is 34.6 Å². The molecule has 2 aromatic carbocycles. The lowest BCUT2D eigenvalue weighted by atomic mass is 10.2. The number of fused-ring (bicyclic) bond motifs is 3. The maximum absolute atomic E-state index is 13.2. The quantitative estimate of drug-likeness (QED) is 0.309. The Labute approximate surface area is 205 Å². The van der Waals surface area contributed by atoms with Gasteiger partial charge in [0, 0.05) is 12.2 Å². The Kier molecular flexibility index (Phi) is 6.32. The molecule has 0 bridgehead atoms. The van der Waals surface area contributed by atoms with E-state index in [0.717, 1.165) is 24.0 Å². The number of thioether (sulfide) groups is 1. The zero-order chi connectivity index (χ0) is 24.4. The highest BCUT2D eigenvalue weighted by Crippen LogP contribution is 2.33. The highest BCUT2D eigenvalue weighted by Gasteiger charge is 2.21. The maximum atomic E-state index is 13.2. The van der Waals surface area contributed by atoms with Crippen LogP contribution in [0.4, 0.5) is 17.6 Å². The van der Waals surface area contributed by atoms with Crippen molar-refractivity contribution in [2.45, 2.75) is 43.6 Å². The zero-order valence-electron chi connectivity index (χ0n) is 19.4. The number of aromatic nitrogens is 7. The number of nitrogens with one attached hydrogen (secondary N) is 1. The molecule has 0 aliphatic carbocycles. The van der Waals surface area contributed by atoms with Gasteiger partial charge in [-0.3, -0.25) is 13.8 Å². The second-order valence-corrected chi connectivity index (χ2v) is 9.38. The predicted octanol–water partition coefficient (Wildman–Crippen LogP) is 4.21. The second-order valence-electron chi connectivity index (χ2n) is 8.07. The summed E-state index contributed by atoms with van der Waals surface area (Å²) in [6, 6.07) is 17.1. The number of aryl methyl sites for hydroxylation is 1. The van der Waals surface area contributed by atoms with Crippen LogP contribution in [0.15, 0.2) is 64.5 Å². The lowest BCUT2D eigenvalue weighted by molar-refractivity contribution is 0.620. The molecule has 0 aliphatic heterocycles. The summed E-state index contributed by atoms with van der Waals surface area (Å²) in [5, 5.41) is 13.0. The van der Waals surface area contributed by atoms with Gasteiger partial charge in [-0.2, -0.15) is 15.0 Å². The summed E-state index contributed by atoms with van der Waals surface area (Å²) in [4.78, 5) is 26.3. The van der Waals surface area contributed by atoms with Gasteiger partial charge in [-0.25, -0.2) is 0 Å². The van der Waals surface area contributed by atoms with Crippen LogP contribution in [0, 0.1) is 0 Å². The first kappa shape index (κ1) is 22.8. The third-order valence-electron chi connectivity index (χ3n) is 5.56. The number of nitrogens with zero attached hydrogens (tertiary/aromatic N) is 7. The molecule has 3 aromatic heterocycles. The first-order valence-electron chi connectivity index (χ1n) is 11.4. The number of benzene rings is 2. The van der Waals surface area contributed by atoms with Gasteiger partial charge in [-0.1, -0.05) is 55.4 Å². The molecule has 178 valence electrons. The fourth-order valence-electron chi connectivity index (χ4n) is 3.84. The molecule has 0 radical (unpaired) electrons. The summed E-state index contributed by atoms with van der Waals surface area (Å²) in [6.07, 6.45) is 1.85. The van der Waals surface area contributed by atoms with Gasteiger partial charge in [0.2, 0.25) is 17.7 Å². The lowest BCUT2D eigenvalue weighted by Crippen LogP contribution is -2.23. The Bertz CT molecular complexity index is 1550. The minimum absolute atomic E-state index is 0.0552. The maximum Gasteiger partial charge on any atom is 0.262 e. The van der Waals surface area contributed by atoms with Crippen LogP contribution in [0.2, 0.25) is 0 Å². The first-order valence-corrected chi connectivity index (χ1v) is 12.3. The first-order chi connectivity index (χ1) is 17.0. The summed E-state index contributed by atoms with van der Waals surface area (Å²) in [5.74, 6) is 1.54. The molecular weight excluding hydrogens is 462 g/mol. The van der Waals surface area contributed by atoms with Gasteiger partial charge in [0.15, 0.2) is 5.16 Å². The molecule has 5 rings (SSSR count). The number of rotatable bonds is 8. The number of para-hydroxylation sites is 2. The largest absolute Gasteiger partial charge is 0.368 e. The predicted molar refractivity (Wildman–Crippen MR) is 138 cm³/mol. The summed E-state index contributed by atoms with van der Waals surface area (Å²) in [7, 11) is 0. The van der Waals surface area contributed by atoms with E-state index in [1.807, 2.05) is 65.9 Å². The fourth-order valence-corrected chi connectivity index (χ4v) is 4.74. The van der Waals surface area contributed by atoms with Gasteiger partial charge in [0.05, 0.1) is 16.2 Å². The van der Waals surface area contributed by atoms with E-state index in [1.54, 1.807) is 4.57 Å². The van der Waals surface area contributed by atoms with E-state index in [1.165, 1.54) is 11.8 Å². The topological polar surface area (TPSA) is 129 Å². The van der Waals surface area contributed by atoms with Crippen LogP contribution in [0.3, 0.4) is 0 Å². The van der Waals surface area contributed by atoms with Crippen LogP contribution in [-0.4, -0.2) is 34.1 Å². The second kappa shape index (κ2) is 9.71. The Balaban J connectivity index is 1.53. The van der Waals surface area contributed by atoms with Crippen molar-refractivity contribution in [2.24, 2.45) is 0 Å². The Morgan fingerprint density at radius 2 is 1.80 bits per heavy atom. The molecule has 0 saturated carbocycles. The van der Waals surface area contributed by atoms with E-state index in [4.69, 9.17) is 5.73 Å². The number of unbranched alkanes of at least 4 members (excludes halogenated alkanes) is 1. The van der Waals surface area contributed by atoms with Crippen molar-refractivity contribution in [3.63, 3.8) is 0 Å². The van der Waals surface area contributed by atoms with Gasteiger partial charge in [-0.15, -0.1) is 10.2 Å². The fraction of sp³-hybridized carbons (Fsp3) is 0.250. The lowest BCUT2D eigenvalue weighted by Gasteiger charge is -2.13.